The summed E-state index contributed by atoms with van der Waals surface area (Å²) in [6.45, 7) is 2.05. The van der Waals surface area contributed by atoms with Gasteiger partial charge < -0.3 is 0 Å². The quantitative estimate of drug-likeness (QED) is 0.635. The van der Waals surface area contributed by atoms with Crippen LogP contribution in [0.4, 0.5) is 11.4 Å². The third-order valence-electron chi connectivity index (χ3n) is 2.07. The molecule has 0 atom stereocenters. The lowest BCUT2D eigenvalue weighted by molar-refractivity contribution is 1.23. The van der Waals surface area contributed by atoms with Gasteiger partial charge in [0.25, 0.3) is 0 Å². The van der Waals surface area contributed by atoms with Crippen LogP contribution in [0.5, 0.6) is 0 Å². The van der Waals surface area contributed by atoms with E-state index in [1.807, 2.05) is 54.6 Å². The van der Waals surface area contributed by atoms with Gasteiger partial charge in [0.15, 0.2) is 0 Å². The Kier molecular flexibility index (Phi) is 2.88. The van der Waals surface area contributed by atoms with Gasteiger partial charge in [0.1, 0.15) is 0 Å². The Bertz CT molecular complexity index is 444. The highest BCUT2D eigenvalue weighted by Crippen LogP contribution is 2.17. The zero-order valence-electron chi connectivity index (χ0n) is 8.59. The van der Waals surface area contributed by atoms with Gasteiger partial charge in [-0.2, -0.15) is 10.2 Å². The Morgan fingerprint density at radius 1 is 0.667 bits per heavy atom. The summed E-state index contributed by atoms with van der Waals surface area (Å²) < 4.78 is 0. The predicted octanol–water partition coefficient (Wildman–Crippen LogP) is 4.41. The lowest BCUT2D eigenvalue weighted by atomic mass is 10.2. The van der Waals surface area contributed by atoms with Crippen LogP contribution in [0.2, 0.25) is 0 Å². The maximum Gasteiger partial charge on any atom is 0.0857 e. The molecule has 0 aliphatic heterocycles. The second-order valence-corrected chi connectivity index (χ2v) is 3.37. The van der Waals surface area contributed by atoms with Gasteiger partial charge in [0.05, 0.1) is 11.4 Å². The van der Waals surface area contributed by atoms with Crippen LogP contribution < -0.4 is 0 Å². The monoisotopic (exact) mass is 196 g/mol. The number of aryl methyl sites for hydroxylation is 1. The first kappa shape index (κ1) is 9.59. The molecular weight excluding hydrogens is 184 g/mol. The molecule has 74 valence electrons. The Hall–Kier alpha value is -1.96. The van der Waals surface area contributed by atoms with E-state index in [0.717, 1.165) is 11.4 Å². The summed E-state index contributed by atoms with van der Waals surface area (Å²) in [4.78, 5) is 0. The van der Waals surface area contributed by atoms with Crippen molar-refractivity contribution < 1.29 is 0 Å². The zero-order valence-corrected chi connectivity index (χ0v) is 8.59. The number of hydrogen-bond donors (Lipinski definition) is 0. The van der Waals surface area contributed by atoms with Gasteiger partial charge in [-0.05, 0) is 31.2 Å². The average Bonchev–Trinajstić information content (AvgIpc) is 2.30. The molecule has 15 heavy (non-hydrogen) atoms. The van der Waals surface area contributed by atoms with E-state index in [1.54, 1.807) is 0 Å². The van der Waals surface area contributed by atoms with E-state index in [-0.39, 0.29) is 0 Å². The number of hydrogen-bond acceptors (Lipinski definition) is 2. The minimum absolute atomic E-state index is 0.873. The summed E-state index contributed by atoms with van der Waals surface area (Å²) >= 11 is 0. The lowest BCUT2D eigenvalue weighted by Gasteiger charge is -1.93. The largest absolute Gasteiger partial charge is 0.151 e. The van der Waals surface area contributed by atoms with E-state index >= 15 is 0 Å². The summed E-state index contributed by atoms with van der Waals surface area (Å²) in [6, 6.07) is 17.7. The van der Waals surface area contributed by atoms with Crippen LogP contribution >= 0.6 is 0 Å². The van der Waals surface area contributed by atoms with E-state index in [0.29, 0.717) is 0 Å². The maximum absolute atomic E-state index is 4.14. The summed E-state index contributed by atoms with van der Waals surface area (Å²) in [5, 5.41) is 8.27. The molecule has 2 heteroatoms. The fourth-order valence-corrected chi connectivity index (χ4v) is 1.22. The second-order valence-electron chi connectivity index (χ2n) is 3.37. The Balaban J connectivity index is 2.15. The van der Waals surface area contributed by atoms with Gasteiger partial charge in [-0.3, -0.25) is 0 Å². The van der Waals surface area contributed by atoms with Crippen molar-refractivity contribution >= 4 is 11.4 Å². The molecule has 2 aromatic carbocycles. The molecule has 0 fully saturated rings. The molecule has 0 aromatic heterocycles. The number of nitrogens with zero attached hydrogens (tertiary/aromatic N) is 2. The molecule has 0 unspecified atom stereocenters. The first-order valence-corrected chi connectivity index (χ1v) is 4.88. The molecule has 0 heterocycles. The van der Waals surface area contributed by atoms with Crippen LogP contribution in [-0.2, 0) is 0 Å². The molecule has 0 aliphatic rings. The van der Waals surface area contributed by atoms with Gasteiger partial charge in [-0.25, -0.2) is 0 Å². The van der Waals surface area contributed by atoms with Crippen molar-refractivity contribution in [2.24, 2.45) is 10.2 Å². The topological polar surface area (TPSA) is 24.7 Å². The van der Waals surface area contributed by atoms with Gasteiger partial charge in [-0.1, -0.05) is 35.9 Å². The predicted molar refractivity (Wildman–Crippen MR) is 61.8 cm³/mol. The molecular formula is C13H12N2. The first-order valence-electron chi connectivity index (χ1n) is 4.88. The molecule has 0 saturated carbocycles. The van der Waals surface area contributed by atoms with Crippen LogP contribution in [0.15, 0.2) is 64.8 Å². The Morgan fingerprint density at radius 3 is 1.80 bits per heavy atom. The van der Waals surface area contributed by atoms with Crippen LogP contribution in [0, 0.1) is 6.92 Å². The van der Waals surface area contributed by atoms with Crippen LogP contribution in [0.25, 0.3) is 0 Å². The first-order chi connectivity index (χ1) is 7.34. The maximum atomic E-state index is 4.14. The van der Waals surface area contributed by atoms with Gasteiger partial charge in [0.2, 0.25) is 0 Å². The van der Waals surface area contributed by atoms with Gasteiger partial charge >= 0.3 is 0 Å². The highest BCUT2D eigenvalue weighted by Gasteiger charge is 1.89. The molecule has 0 radical (unpaired) electrons. The van der Waals surface area contributed by atoms with Crippen molar-refractivity contribution in [1.82, 2.24) is 0 Å². The highest BCUT2D eigenvalue weighted by atomic mass is 15.1. The molecule has 0 saturated heterocycles. The van der Waals surface area contributed by atoms with Crippen molar-refractivity contribution in [2.45, 2.75) is 6.92 Å². The summed E-state index contributed by atoms with van der Waals surface area (Å²) in [7, 11) is 0. The standard InChI is InChI=1S/C13H12N2/c1-11-7-9-13(10-8-11)15-14-12-5-3-2-4-6-12/h2-10H,1H3/b15-14+. The molecule has 2 nitrogen and oxygen atoms in total. The van der Waals surface area contributed by atoms with E-state index in [2.05, 4.69) is 17.2 Å². The number of azo groups is 1. The minimum Gasteiger partial charge on any atom is -0.151 e. The smallest absolute Gasteiger partial charge is 0.0857 e. The Labute approximate surface area is 89.3 Å². The molecule has 0 bridgehead atoms. The van der Waals surface area contributed by atoms with Crippen LogP contribution in [0.1, 0.15) is 5.56 Å². The second kappa shape index (κ2) is 4.51. The minimum atomic E-state index is 0.873. The summed E-state index contributed by atoms with van der Waals surface area (Å²) in [6.07, 6.45) is 0. The Morgan fingerprint density at radius 2 is 1.20 bits per heavy atom. The fraction of sp³-hybridized carbons (Fsp3) is 0.0769. The molecule has 0 spiro atoms. The van der Waals surface area contributed by atoms with Gasteiger partial charge in [0, 0.05) is 0 Å². The molecule has 0 N–H and O–H groups in total. The number of benzene rings is 2. The molecule has 2 aromatic rings. The third-order valence-corrected chi connectivity index (χ3v) is 2.07. The number of rotatable bonds is 2. The van der Waals surface area contributed by atoms with Crippen LogP contribution in [0.3, 0.4) is 0 Å². The van der Waals surface area contributed by atoms with Gasteiger partial charge in [-0.15, -0.1) is 0 Å². The van der Waals surface area contributed by atoms with Crippen molar-refractivity contribution in [3.05, 3.63) is 60.2 Å². The van der Waals surface area contributed by atoms with Crippen LogP contribution in [-0.4, -0.2) is 0 Å². The SMILES string of the molecule is Cc1ccc(/N=N/c2ccccc2)cc1. The third kappa shape index (κ3) is 2.74. The summed E-state index contributed by atoms with van der Waals surface area (Å²) in [5.41, 5.74) is 2.98. The molecule has 0 aliphatic carbocycles. The van der Waals surface area contributed by atoms with E-state index < -0.39 is 0 Å². The van der Waals surface area contributed by atoms with Crippen molar-refractivity contribution in [3.63, 3.8) is 0 Å². The van der Waals surface area contributed by atoms with Crippen molar-refractivity contribution in [1.29, 1.82) is 0 Å². The zero-order chi connectivity index (χ0) is 10.5. The van der Waals surface area contributed by atoms with E-state index in [4.69, 9.17) is 0 Å². The molecule has 2 rings (SSSR count). The van der Waals surface area contributed by atoms with Crippen molar-refractivity contribution in [2.75, 3.05) is 0 Å². The highest BCUT2D eigenvalue weighted by molar-refractivity contribution is 5.40. The summed E-state index contributed by atoms with van der Waals surface area (Å²) in [5.74, 6) is 0. The van der Waals surface area contributed by atoms with Crippen molar-refractivity contribution in [3.8, 4) is 0 Å². The molecule has 0 amide bonds. The normalized spacial score (nSPS) is 10.7. The van der Waals surface area contributed by atoms with E-state index in [9.17, 15) is 0 Å². The fourth-order valence-electron chi connectivity index (χ4n) is 1.22. The lowest BCUT2D eigenvalue weighted by Crippen LogP contribution is -1.68. The average molecular weight is 196 g/mol. The van der Waals surface area contributed by atoms with E-state index in [1.165, 1.54) is 5.56 Å².